The fourth-order valence-corrected chi connectivity index (χ4v) is 1.80. The lowest BCUT2D eigenvalue weighted by Crippen LogP contribution is -1.98. The zero-order valence-electron chi connectivity index (χ0n) is 10.7. The third-order valence-corrected chi connectivity index (χ3v) is 2.88. The lowest BCUT2D eigenvalue weighted by molar-refractivity contribution is 0.185. The largest absolute Gasteiger partial charge is 0.398 e. The van der Waals surface area contributed by atoms with Gasteiger partial charge in [0, 0.05) is 29.7 Å². The van der Waals surface area contributed by atoms with Crippen LogP contribution in [0.1, 0.15) is 11.1 Å². The van der Waals surface area contributed by atoms with Crippen LogP contribution in [0.25, 0.3) is 0 Å². The summed E-state index contributed by atoms with van der Waals surface area (Å²) in [6.07, 6.45) is 0. The highest BCUT2D eigenvalue weighted by Gasteiger charge is 2.02. The first-order chi connectivity index (χ1) is 8.70. The van der Waals surface area contributed by atoms with Gasteiger partial charge in [-0.1, -0.05) is 24.3 Å². The molecule has 0 aliphatic carbocycles. The summed E-state index contributed by atoms with van der Waals surface area (Å²) in [7, 11) is 1.70. The maximum Gasteiger partial charge on any atom is 0.0733 e. The van der Waals surface area contributed by atoms with Gasteiger partial charge in [0.05, 0.1) is 6.61 Å². The van der Waals surface area contributed by atoms with Crippen LogP contribution in [0, 0.1) is 6.92 Å². The van der Waals surface area contributed by atoms with Gasteiger partial charge in [-0.2, -0.15) is 0 Å². The summed E-state index contributed by atoms with van der Waals surface area (Å²) in [5.74, 6) is 0. The Morgan fingerprint density at radius 1 is 1.17 bits per heavy atom. The highest BCUT2D eigenvalue weighted by Crippen LogP contribution is 2.24. The second kappa shape index (κ2) is 5.56. The smallest absolute Gasteiger partial charge is 0.0733 e. The minimum absolute atomic E-state index is 0.588. The van der Waals surface area contributed by atoms with E-state index in [1.54, 1.807) is 7.11 Å². The summed E-state index contributed by atoms with van der Waals surface area (Å²) in [5, 5.41) is 3.37. The molecule has 0 aliphatic heterocycles. The number of ether oxygens (including phenoxy) is 1. The molecular weight excluding hydrogens is 224 g/mol. The molecule has 0 bridgehead atoms. The van der Waals surface area contributed by atoms with Gasteiger partial charge in [0.25, 0.3) is 0 Å². The summed E-state index contributed by atoms with van der Waals surface area (Å²) in [6, 6.07) is 14.1. The van der Waals surface area contributed by atoms with Gasteiger partial charge in [-0.3, -0.25) is 0 Å². The molecule has 0 saturated heterocycles. The molecule has 0 unspecified atom stereocenters. The number of methoxy groups -OCH3 is 1. The monoisotopic (exact) mass is 242 g/mol. The number of anilines is 3. The maximum absolute atomic E-state index is 5.91. The molecule has 3 N–H and O–H groups in total. The predicted molar refractivity (Wildman–Crippen MR) is 76.0 cm³/mol. The number of rotatable bonds is 4. The standard InChI is InChI=1S/C15H18N2O/c1-11-7-8-13(9-14(11)16)17-15-6-4-3-5-12(15)10-18-2/h3-9,17H,10,16H2,1-2H3. The molecular formula is C15H18N2O. The number of para-hydroxylation sites is 1. The van der Waals surface area contributed by atoms with E-state index in [0.29, 0.717) is 6.61 Å². The van der Waals surface area contributed by atoms with Crippen molar-refractivity contribution in [2.75, 3.05) is 18.2 Å². The van der Waals surface area contributed by atoms with Gasteiger partial charge >= 0.3 is 0 Å². The highest BCUT2D eigenvalue weighted by molar-refractivity contribution is 5.67. The summed E-state index contributed by atoms with van der Waals surface area (Å²) in [5.41, 5.74) is 10.9. The van der Waals surface area contributed by atoms with Crippen molar-refractivity contribution in [1.82, 2.24) is 0 Å². The Hall–Kier alpha value is -2.00. The number of aryl methyl sites for hydroxylation is 1. The summed E-state index contributed by atoms with van der Waals surface area (Å²) < 4.78 is 5.18. The van der Waals surface area contributed by atoms with Crippen LogP contribution in [0.15, 0.2) is 42.5 Å². The van der Waals surface area contributed by atoms with E-state index in [1.807, 2.05) is 49.4 Å². The van der Waals surface area contributed by atoms with Gasteiger partial charge in [-0.25, -0.2) is 0 Å². The van der Waals surface area contributed by atoms with Gasteiger partial charge in [0.15, 0.2) is 0 Å². The fourth-order valence-electron chi connectivity index (χ4n) is 1.80. The minimum Gasteiger partial charge on any atom is -0.398 e. The van der Waals surface area contributed by atoms with E-state index < -0.39 is 0 Å². The molecule has 2 aromatic carbocycles. The first-order valence-corrected chi connectivity index (χ1v) is 5.90. The second-order valence-electron chi connectivity index (χ2n) is 4.29. The molecule has 0 aromatic heterocycles. The third-order valence-electron chi connectivity index (χ3n) is 2.88. The molecule has 0 aliphatic rings. The average Bonchev–Trinajstić information content (AvgIpc) is 2.37. The number of hydrogen-bond donors (Lipinski definition) is 2. The molecule has 0 heterocycles. The SMILES string of the molecule is COCc1ccccc1Nc1ccc(C)c(N)c1. The molecule has 0 atom stereocenters. The topological polar surface area (TPSA) is 47.3 Å². The molecule has 2 aromatic rings. The number of hydrogen-bond acceptors (Lipinski definition) is 3. The van der Waals surface area contributed by atoms with Gasteiger partial charge < -0.3 is 15.8 Å². The van der Waals surface area contributed by atoms with Gasteiger partial charge in [0.1, 0.15) is 0 Å². The van der Waals surface area contributed by atoms with Crippen LogP contribution < -0.4 is 11.1 Å². The van der Waals surface area contributed by atoms with Crippen molar-refractivity contribution >= 4 is 17.1 Å². The third kappa shape index (κ3) is 2.81. The number of nitrogens with one attached hydrogen (secondary N) is 1. The Bertz CT molecular complexity index is 538. The van der Waals surface area contributed by atoms with Gasteiger partial charge in [0.2, 0.25) is 0 Å². The molecule has 3 nitrogen and oxygen atoms in total. The first-order valence-electron chi connectivity index (χ1n) is 5.90. The van der Waals surface area contributed by atoms with E-state index >= 15 is 0 Å². The first kappa shape index (κ1) is 12.5. The van der Waals surface area contributed by atoms with E-state index in [-0.39, 0.29) is 0 Å². The molecule has 18 heavy (non-hydrogen) atoms. The predicted octanol–water partition coefficient (Wildman–Crippen LogP) is 3.47. The highest BCUT2D eigenvalue weighted by atomic mass is 16.5. The van der Waals surface area contributed by atoms with Gasteiger partial charge in [-0.15, -0.1) is 0 Å². The van der Waals surface area contributed by atoms with E-state index in [1.165, 1.54) is 0 Å². The second-order valence-corrected chi connectivity index (χ2v) is 4.29. The van der Waals surface area contributed by atoms with E-state index in [4.69, 9.17) is 10.5 Å². The Morgan fingerprint density at radius 3 is 2.67 bits per heavy atom. The number of nitrogens with two attached hydrogens (primary N) is 1. The average molecular weight is 242 g/mol. The van der Waals surface area contributed by atoms with Crippen LogP contribution in [0.4, 0.5) is 17.1 Å². The zero-order valence-corrected chi connectivity index (χ0v) is 10.7. The molecule has 0 saturated carbocycles. The summed E-state index contributed by atoms with van der Waals surface area (Å²) in [4.78, 5) is 0. The molecule has 3 heteroatoms. The zero-order chi connectivity index (χ0) is 13.0. The Balaban J connectivity index is 2.25. The molecule has 2 rings (SSSR count). The number of nitrogen functional groups attached to an aromatic ring is 1. The van der Waals surface area contributed by atoms with Gasteiger partial charge in [-0.05, 0) is 30.7 Å². The molecule has 0 radical (unpaired) electrons. The Labute approximate surface area is 108 Å². The van der Waals surface area contributed by atoms with Crippen molar-refractivity contribution in [3.8, 4) is 0 Å². The molecule has 0 spiro atoms. The normalized spacial score (nSPS) is 10.3. The van der Waals surface area contributed by atoms with Crippen LogP contribution in [-0.4, -0.2) is 7.11 Å². The van der Waals surface area contributed by atoms with Crippen molar-refractivity contribution in [2.24, 2.45) is 0 Å². The van der Waals surface area contributed by atoms with Crippen molar-refractivity contribution in [3.63, 3.8) is 0 Å². The molecule has 94 valence electrons. The quantitative estimate of drug-likeness (QED) is 0.807. The van der Waals surface area contributed by atoms with E-state index in [9.17, 15) is 0 Å². The van der Waals surface area contributed by atoms with Crippen molar-refractivity contribution in [1.29, 1.82) is 0 Å². The van der Waals surface area contributed by atoms with Crippen LogP contribution in [-0.2, 0) is 11.3 Å². The minimum atomic E-state index is 0.588. The summed E-state index contributed by atoms with van der Waals surface area (Å²) >= 11 is 0. The maximum atomic E-state index is 5.91. The lowest BCUT2D eigenvalue weighted by Gasteiger charge is -2.12. The van der Waals surface area contributed by atoms with Crippen molar-refractivity contribution < 1.29 is 4.74 Å². The lowest BCUT2D eigenvalue weighted by atomic mass is 10.1. The van der Waals surface area contributed by atoms with Crippen LogP contribution in [0.5, 0.6) is 0 Å². The van der Waals surface area contributed by atoms with Crippen molar-refractivity contribution in [3.05, 3.63) is 53.6 Å². The van der Waals surface area contributed by atoms with Crippen LogP contribution in [0.2, 0.25) is 0 Å². The van der Waals surface area contributed by atoms with E-state index in [0.717, 1.165) is 28.2 Å². The Kier molecular flexibility index (Phi) is 3.85. The Morgan fingerprint density at radius 2 is 1.94 bits per heavy atom. The fraction of sp³-hybridized carbons (Fsp3) is 0.200. The van der Waals surface area contributed by atoms with E-state index in [2.05, 4.69) is 5.32 Å². The van der Waals surface area contributed by atoms with Crippen LogP contribution >= 0.6 is 0 Å². The van der Waals surface area contributed by atoms with Crippen molar-refractivity contribution in [2.45, 2.75) is 13.5 Å². The van der Waals surface area contributed by atoms with Crippen LogP contribution in [0.3, 0.4) is 0 Å². The molecule has 0 fully saturated rings. The summed E-state index contributed by atoms with van der Waals surface area (Å²) in [6.45, 7) is 2.59. The number of benzene rings is 2. The molecule has 0 amide bonds.